The molecule has 0 bridgehead atoms. The molecule has 11 aromatic heterocycles. The molecule has 16 rings (SSSR count). The molecule has 0 unspecified atom stereocenters. The molecule has 121 heavy (non-hydrogen) atoms. The zero-order chi connectivity index (χ0) is 85.3. The minimum absolute atomic E-state index is 0. The van der Waals surface area contributed by atoms with E-state index in [0.29, 0.717) is 91.0 Å². The van der Waals surface area contributed by atoms with Crippen LogP contribution in [0, 0.1) is 5.51 Å². The summed E-state index contributed by atoms with van der Waals surface area (Å²) in [6.07, 6.45) is 30.5. The van der Waals surface area contributed by atoms with Crippen LogP contribution in [-0.4, -0.2) is 172 Å². The van der Waals surface area contributed by atoms with Gasteiger partial charge in [-0.15, -0.1) is 137 Å². The zero-order valence-electron chi connectivity index (χ0n) is 66.9. The van der Waals surface area contributed by atoms with E-state index in [9.17, 15) is 38.4 Å². The number of Topliss-reactive ketones (excluding diaryl/α,β-unsaturated/α-hetero) is 3. The summed E-state index contributed by atoms with van der Waals surface area (Å²) in [7, 11) is 6.56. The predicted octanol–water partition coefficient (Wildman–Crippen LogP) is 17.5. The van der Waals surface area contributed by atoms with Gasteiger partial charge in [-0.3, -0.25) is 35.3 Å². The fourth-order valence-electron chi connectivity index (χ4n) is 10.3. The van der Waals surface area contributed by atoms with Crippen molar-refractivity contribution in [3.05, 3.63) is 136 Å². The van der Waals surface area contributed by atoms with Crippen molar-refractivity contribution in [1.29, 1.82) is 0 Å². The van der Waals surface area contributed by atoms with E-state index in [2.05, 4.69) is 120 Å². The summed E-state index contributed by atoms with van der Waals surface area (Å²) in [5.74, 6) is 0.602. The minimum Gasteiger partial charge on any atom is -0.394 e. The number of hydrogen-bond acceptors (Lipinski definition) is 38. The third kappa shape index (κ3) is 38.1. The Morgan fingerprint density at radius 3 is 1.05 bits per heavy atom. The second-order valence-corrected chi connectivity index (χ2v) is 38.5. The van der Waals surface area contributed by atoms with Crippen LogP contribution < -0.4 is 35.3 Å². The van der Waals surface area contributed by atoms with Crippen LogP contribution in [0.15, 0.2) is 77.3 Å². The van der Waals surface area contributed by atoms with Gasteiger partial charge in [-0.05, 0) is 176 Å². The van der Waals surface area contributed by atoms with Gasteiger partial charge in [-0.1, -0.05) is 12.8 Å². The number of carbonyl (C=O) groups is 8. The zero-order valence-corrected chi connectivity index (χ0v) is 86.4. The maximum absolute atomic E-state index is 12.6. The number of methoxy groups -OCH3 is 4. The Morgan fingerprint density at radius 1 is 0.430 bits per heavy atom. The molecule has 0 spiro atoms. The summed E-state index contributed by atoms with van der Waals surface area (Å²) < 4.78 is 20.2. The monoisotopic (exact) mass is 2140 g/mol. The number of halogens is 4. The second-order valence-electron chi connectivity index (χ2n) is 25.6. The first kappa shape index (κ1) is 109. The topological polar surface area (TPSA) is 432 Å². The first-order valence-corrected chi connectivity index (χ1v) is 55.0. The molecule has 5 aliphatic rings. The number of unbranched alkanes of at least 4 members (excludes halogenated alkanes) is 5. The van der Waals surface area contributed by atoms with Gasteiger partial charge in [0.2, 0.25) is 0 Å². The number of carboxylic acids is 1. The molecule has 5 saturated carbocycles. The number of ether oxygens (including phenoxy) is 4. The number of ketones is 3. The number of thiazole rings is 11. The number of hydrogen-bond donors (Lipinski definition) is 4. The Hall–Kier alpha value is -4.52. The molecular weight excluding hydrogens is 2050 g/mol. The molecule has 28 nitrogen and oxygen atoms in total. The Morgan fingerprint density at radius 2 is 0.760 bits per heavy atom. The molecule has 0 amide bonds. The van der Waals surface area contributed by atoms with Crippen LogP contribution in [-0.2, 0) is 49.7 Å². The van der Waals surface area contributed by atoms with Gasteiger partial charge >= 0.3 is 89.4 Å². The SMILES string of the molecule is Brc1nccs1.CO.COC(=O)CCCCCC(=O)c1nc(-c2nccs2)sc1C1CC1.COC(=O)CCCCN.COC(=O)c1nc(-c2nccs2)sc1C1CC1.COC(=O)c1nc(Br)sc1C1CC1.Cl.O=C(CO)CCCCCC(=O)c1nc(-c2nccs2)sc1C1CC1.O=C(O)c1nc(-c2nccs2)sc1C1CC1.[Na+].[OH-].[Zn+][Br].[c-]1nccs1. The average Bonchev–Trinajstić information content (AvgIpc) is 1.66. The molecule has 0 atom stereocenters. The summed E-state index contributed by atoms with van der Waals surface area (Å²) in [5.41, 5.74) is 10.3. The first-order valence-electron chi connectivity index (χ1n) is 37.1. The van der Waals surface area contributed by atoms with Crippen LogP contribution in [0.5, 0.6) is 0 Å². The van der Waals surface area contributed by atoms with Gasteiger partial charge in [-0.2, -0.15) is 0 Å². The van der Waals surface area contributed by atoms with Crippen molar-refractivity contribution in [2.75, 3.05) is 48.7 Å². The van der Waals surface area contributed by atoms with Crippen LogP contribution in [0.25, 0.3) is 40.1 Å². The third-order valence-corrected chi connectivity index (χ3v) is 28.7. The van der Waals surface area contributed by atoms with E-state index in [1.165, 1.54) is 114 Å². The number of carbonyl (C=O) groups excluding carboxylic acids is 7. The van der Waals surface area contributed by atoms with E-state index in [4.69, 9.17) is 25.8 Å². The largest absolute Gasteiger partial charge is 0.394 e. The van der Waals surface area contributed by atoms with E-state index in [0.717, 1.165) is 182 Å². The van der Waals surface area contributed by atoms with Crippen LogP contribution in [0.3, 0.4) is 0 Å². The minimum atomic E-state index is -0.930. The Labute approximate surface area is 806 Å². The molecule has 11 heterocycles. The van der Waals surface area contributed by atoms with Gasteiger partial charge in [-0.25, -0.2) is 64.2 Å². The average molecular weight is 2140 g/mol. The summed E-state index contributed by atoms with van der Waals surface area (Å²) in [6, 6.07) is 0. The van der Waals surface area contributed by atoms with Gasteiger partial charge in [0.25, 0.3) is 0 Å². The molecule has 0 aliphatic heterocycles. The van der Waals surface area contributed by atoms with Gasteiger partial charge in [0, 0.05) is 121 Å². The molecule has 6 N–H and O–H groups in total. The van der Waals surface area contributed by atoms with Crippen molar-refractivity contribution in [2.24, 2.45) is 5.73 Å². The van der Waals surface area contributed by atoms with Gasteiger partial charge in [0.05, 0.1) is 28.4 Å². The number of esters is 4. The van der Waals surface area contributed by atoms with E-state index in [1.807, 2.05) is 32.3 Å². The number of aromatic nitrogens is 11. The Balaban J connectivity index is 0.000000298. The summed E-state index contributed by atoms with van der Waals surface area (Å²) in [4.78, 5) is 143. The molecule has 0 saturated heterocycles. The van der Waals surface area contributed by atoms with E-state index >= 15 is 0 Å². The molecule has 11 aromatic rings. The first-order chi connectivity index (χ1) is 57.3. The molecule has 0 radical (unpaired) electrons. The van der Waals surface area contributed by atoms with Crippen LogP contribution in [0.1, 0.15) is 254 Å². The van der Waals surface area contributed by atoms with Gasteiger partial charge in [0.1, 0.15) is 18.0 Å². The summed E-state index contributed by atoms with van der Waals surface area (Å²) in [5, 5.41) is 42.9. The van der Waals surface area contributed by atoms with Crippen LogP contribution in [0.4, 0.5) is 0 Å². The predicted molar refractivity (Wildman–Crippen MR) is 483 cm³/mol. The van der Waals surface area contributed by atoms with Crippen molar-refractivity contribution < 1.29 is 124 Å². The molecular formula is C76H89Br3ClN12NaO16S11Zn. The number of carboxylic acid groups (broad SMARTS) is 1. The van der Waals surface area contributed by atoms with E-state index < -0.39 is 5.97 Å². The molecule has 646 valence electrons. The molecule has 5 fully saturated rings. The smallest absolute Gasteiger partial charge is 0.0221 e. The van der Waals surface area contributed by atoms with Crippen molar-refractivity contribution in [2.45, 2.75) is 177 Å². The molecule has 5 aliphatic carbocycles. The molecule has 0 aromatic carbocycles. The maximum Gasteiger partial charge on any atom is -0.0221 e. The number of aliphatic hydroxyl groups excluding tert-OH is 2. The fourth-order valence-corrected chi connectivity index (χ4v) is 20.7. The summed E-state index contributed by atoms with van der Waals surface area (Å²) >= 11 is 27.7. The van der Waals surface area contributed by atoms with E-state index in [-0.39, 0.29) is 101 Å². The van der Waals surface area contributed by atoms with Gasteiger partial charge in [0.15, 0.2) is 82.3 Å². The van der Waals surface area contributed by atoms with Crippen molar-refractivity contribution in [1.82, 2.24) is 54.8 Å². The van der Waals surface area contributed by atoms with Gasteiger partial charge < -0.3 is 50.5 Å². The standard InChI is InChI=1S/2C17H20N2O3S2.C11H10N2O2S2.C10H8N2O2S2.C8H8BrNO2S.C6H13NO2.C3H2BrNS.C3H2NS.CH4O.BrH.ClH.Na.H2O.Zn/c1-22-13(21)6-4-2-3-5-12(20)14-15(11-7-8-11)24-17(19-14)16-18-9-10-23-16;20-10-12(21)4-2-1-3-5-13(22)14-15(11-6-7-11)24-17(19-14)16-18-8-9-23-16;1-15-11(14)7-8(6-2-3-6)17-10(13-7)9-12-4-5-16-9;13-10(14)6-7(5-1-2-5)16-9(12-6)8-11-3-4-15-8;1-12-7(11)5-6(4-2-3-4)13-8(9)10-5;1-9-6(8)4-2-3-5-7;4-3-5-1-2-6-3;1-2-5-3-4-1;1-2;;;;;/h9-11H,2-8H2,1H3;8-9,11,20H,1-7,10H2;4-6H,2-3H2,1H3;3-5H,1-2H2,(H,13,14);4H,2-3H2,1H3;2-5,7H2,1H3;1-2H;1-2H;2H,1H3;2*1H;;1H2;/q;;;;;;;-1;;;;+1;;+2/p-2. The van der Waals surface area contributed by atoms with Crippen molar-refractivity contribution in [3.63, 3.8) is 0 Å². The van der Waals surface area contributed by atoms with Crippen molar-refractivity contribution in [3.8, 4) is 40.1 Å². The number of nitrogens with zero attached hydrogens (tertiary/aromatic N) is 11. The summed E-state index contributed by atoms with van der Waals surface area (Å²) in [6.45, 7) is 0.263. The molecule has 45 heteroatoms. The quantitative estimate of drug-likeness (QED) is 0.00783. The normalized spacial score (nSPS) is 12.9. The number of nitrogens with two attached hydrogens (primary N) is 1. The number of aliphatic hydroxyl groups is 2. The van der Waals surface area contributed by atoms with Crippen LogP contribution in [0.2, 0.25) is 0 Å². The third-order valence-electron chi connectivity index (χ3n) is 16.8. The second kappa shape index (κ2) is 60.3. The number of aromatic carboxylic acids is 1. The maximum atomic E-state index is 12.6. The number of rotatable bonds is 31. The Kier molecular flexibility index (Phi) is 54.2. The fraction of sp³-hybridized carbons (Fsp3) is 0.461. The van der Waals surface area contributed by atoms with E-state index in [1.54, 1.807) is 105 Å². The van der Waals surface area contributed by atoms with Crippen molar-refractivity contribution >= 4 is 230 Å². The van der Waals surface area contributed by atoms with Crippen LogP contribution >= 0.6 is 183 Å². The Bertz CT molecular complexity index is 4660.